The molecule has 7 nitrogen and oxygen atoms in total. The van der Waals surface area contributed by atoms with E-state index in [0.717, 1.165) is 36.4 Å². The van der Waals surface area contributed by atoms with Crippen molar-refractivity contribution in [1.82, 2.24) is 10.6 Å². The molecular formula is C20H34IN3O4S. The van der Waals surface area contributed by atoms with Crippen LogP contribution in [0.1, 0.15) is 44.6 Å². The Morgan fingerprint density at radius 2 is 1.97 bits per heavy atom. The number of nitrogens with zero attached hydrogens (tertiary/aromatic N) is 1. The van der Waals surface area contributed by atoms with Crippen LogP contribution in [0.3, 0.4) is 0 Å². The number of nitrogens with one attached hydrogen (secondary N) is 2. The number of rotatable bonds is 10. The molecule has 0 aromatic heterocycles. The van der Waals surface area contributed by atoms with Crippen molar-refractivity contribution < 1.29 is 17.9 Å². The maximum absolute atomic E-state index is 11.3. The second-order valence-corrected chi connectivity index (χ2v) is 9.34. The highest BCUT2D eigenvalue weighted by atomic mass is 127. The Morgan fingerprint density at radius 1 is 1.24 bits per heavy atom. The number of hydrogen-bond acceptors (Lipinski definition) is 5. The summed E-state index contributed by atoms with van der Waals surface area (Å²) in [6, 6.07) is 5.85. The maximum atomic E-state index is 11.3. The standard InChI is InChI=1S/C20H33N3O4S.HI/c1-4-21-20(22-13-8-14-28(3,24)25)23-15-16-9-7-12-18(26-2)19(16)27-17-10-5-6-11-17;/h7,9,12,17H,4-6,8,10-11,13-15H2,1-3H3,(H2,21,22,23);1H. The molecule has 0 spiro atoms. The van der Waals surface area contributed by atoms with Crippen LogP contribution in [0.2, 0.25) is 0 Å². The number of hydrogen-bond donors (Lipinski definition) is 2. The molecule has 1 aliphatic rings. The molecule has 1 aromatic carbocycles. The van der Waals surface area contributed by atoms with E-state index >= 15 is 0 Å². The highest BCUT2D eigenvalue weighted by Gasteiger charge is 2.20. The molecule has 0 heterocycles. The molecule has 0 amide bonds. The Labute approximate surface area is 192 Å². The van der Waals surface area contributed by atoms with Gasteiger partial charge in [0.25, 0.3) is 0 Å². The largest absolute Gasteiger partial charge is 0.493 e. The normalized spacial score (nSPS) is 14.9. The molecule has 166 valence electrons. The Kier molecular flexibility index (Phi) is 11.7. The van der Waals surface area contributed by atoms with E-state index in [-0.39, 0.29) is 35.8 Å². The molecule has 0 bridgehead atoms. The van der Waals surface area contributed by atoms with Crippen LogP contribution in [-0.4, -0.2) is 52.7 Å². The molecule has 1 aromatic rings. The minimum Gasteiger partial charge on any atom is -0.493 e. The van der Waals surface area contributed by atoms with Crippen LogP contribution in [0.5, 0.6) is 11.5 Å². The van der Waals surface area contributed by atoms with E-state index < -0.39 is 9.84 Å². The summed E-state index contributed by atoms with van der Waals surface area (Å²) in [5, 5.41) is 6.38. The number of aliphatic imine (C=N–C) groups is 1. The Morgan fingerprint density at radius 3 is 2.59 bits per heavy atom. The number of ether oxygens (including phenoxy) is 2. The summed E-state index contributed by atoms with van der Waals surface area (Å²) in [5.41, 5.74) is 0.972. The minimum absolute atomic E-state index is 0. The summed E-state index contributed by atoms with van der Waals surface area (Å²) >= 11 is 0. The molecule has 1 fully saturated rings. The molecule has 2 N–H and O–H groups in total. The zero-order valence-corrected chi connectivity index (χ0v) is 20.7. The van der Waals surface area contributed by atoms with E-state index in [1.165, 1.54) is 19.1 Å². The van der Waals surface area contributed by atoms with E-state index in [9.17, 15) is 8.42 Å². The van der Waals surface area contributed by atoms with Crippen LogP contribution in [0.4, 0.5) is 0 Å². The molecule has 0 aliphatic heterocycles. The van der Waals surface area contributed by atoms with Crippen molar-refractivity contribution in [3.8, 4) is 11.5 Å². The lowest BCUT2D eigenvalue weighted by Crippen LogP contribution is -2.38. The van der Waals surface area contributed by atoms with Crippen molar-refractivity contribution >= 4 is 39.8 Å². The third-order valence-electron chi connectivity index (χ3n) is 4.60. The first-order valence-corrected chi connectivity index (χ1v) is 12.0. The highest BCUT2D eigenvalue weighted by molar-refractivity contribution is 14.0. The average Bonchev–Trinajstić information content (AvgIpc) is 3.16. The third kappa shape index (κ3) is 9.41. The summed E-state index contributed by atoms with van der Waals surface area (Å²) < 4.78 is 34.3. The molecule has 0 atom stereocenters. The van der Waals surface area contributed by atoms with E-state index in [2.05, 4.69) is 15.6 Å². The van der Waals surface area contributed by atoms with Gasteiger partial charge in [-0.15, -0.1) is 24.0 Å². The molecule has 0 unspecified atom stereocenters. The van der Waals surface area contributed by atoms with Gasteiger partial charge in [0, 0.05) is 24.9 Å². The summed E-state index contributed by atoms with van der Waals surface area (Å²) in [6.45, 7) is 3.71. The molecule has 0 radical (unpaired) electrons. The van der Waals surface area contributed by atoms with Crippen molar-refractivity contribution in [2.75, 3.05) is 32.2 Å². The zero-order chi connectivity index (χ0) is 20.4. The van der Waals surface area contributed by atoms with E-state index in [0.29, 0.717) is 25.5 Å². The van der Waals surface area contributed by atoms with Gasteiger partial charge in [-0.05, 0) is 45.1 Å². The second-order valence-electron chi connectivity index (χ2n) is 7.08. The Balaban J connectivity index is 0.00000420. The molecule has 1 saturated carbocycles. The van der Waals surface area contributed by atoms with Gasteiger partial charge < -0.3 is 20.1 Å². The minimum atomic E-state index is -2.95. The van der Waals surface area contributed by atoms with Gasteiger partial charge in [-0.1, -0.05) is 12.1 Å². The van der Waals surface area contributed by atoms with Crippen LogP contribution in [0.15, 0.2) is 23.2 Å². The topological polar surface area (TPSA) is 89.0 Å². The van der Waals surface area contributed by atoms with Crippen molar-refractivity contribution in [3.05, 3.63) is 23.8 Å². The van der Waals surface area contributed by atoms with Crippen LogP contribution < -0.4 is 20.1 Å². The number of guanidine groups is 1. The fourth-order valence-electron chi connectivity index (χ4n) is 3.20. The summed E-state index contributed by atoms with van der Waals surface area (Å²) in [4.78, 5) is 4.64. The first-order valence-electron chi connectivity index (χ1n) is 9.95. The molecule has 1 aliphatic carbocycles. The van der Waals surface area contributed by atoms with Crippen LogP contribution in [0.25, 0.3) is 0 Å². The van der Waals surface area contributed by atoms with E-state index in [1.807, 2.05) is 25.1 Å². The maximum Gasteiger partial charge on any atom is 0.191 e. The molecule has 0 saturated heterocycles. The molecular weight excluding hydrogens is 505 g/mol. The third-order valence-corrected chi connectivity index (χ3v) is 5.63. The fraction of sp³-hybridized carbons (Fsp3) is 0.650. The van der Waals surface area contributed by atoms with E-state index in [4.69, 9.17) is 9.47 Å². The van der Waals surface area contributed by atoms with Crippen LogP contribution in [-0.2, 0) is 16.4 Å². The van der Waals surface area contributed by atoms with Crippen molar-refractivity contribution in [1.29, 1.82) is 0 Å². The number of benzene rings is 1. The SMILES string of the molecule is CCNC(=NCc1cccc(OC)c1OC1CCCC1)NCCCS(C)(=O)=O.I. The molecule has 29 heavy (non-hydrogen) atoms. The first kappa shape index (κ1) is 25.8. The number of sulfone groups is 1. The second kappa shape index (κ2) is 13.1. The van der Waals surface area contributed by atoms with Gasteiger partial charge in [-0.2, -0.15) is 0 Å². The van der Waals surface area contributed by atoms with Gasteiger partial charge in [0.2, 0.25) is 0 Å². The van der Waals surface area contributed by atoms with Crippen LogP contribution >= 0.6 is 24.0 Å². The lowest BCUT2D eigenvalue weighted by Gasteiger charge is -2.19. The van der Waals surface area contributed by atoms with Gasteiger partial charge in [0.1, 0.15) is 9.84 Å². The summed E-state index contributed by atoms with van der Waals surface area (Å²) in [7, 11) is -1.30. The average molecular weight is 539 g/mol. The van der Waals surface area contributed by atoms with Gasteiger partial charge in [0.15, 0.2) is 17.5 Å². The fourth-order valence-corrected chi connectivity index (χ4v) is 3.87. The van der Waals surface area contributed by atoms with E-state index in [1.54, 1.807) is 7.11 Å². The monoisotopic (exact) mass is 539 g/mol. The van der Waals surface area contributed by atoms with Gasteiger partial charge in [-0.25, -0.2) is 13.4 Å². The number of methoxy groups -OCH3 is 1. The summed E-state index contributed by atoms with van der Waals surface area (Å²) in [6.07, 6.45) is 6.59. The van der Waals surface area contributed by atoms with Gasteiger partial charge in [0.05, 0.1) is 25.5 Å². The smallest absolute Gasteiger partial charge is 0.191 e. The Hall–Kier alpha value is -1.23. The zero-order valence-electron chi connectivity index (χ0n) is 17.6. The molecule has 9 heteroatoms. The lowest BCUT2D eigenvalue weighted by atomic mass is 10.1. The predicted octanol–water partition coefficient (Wildman–Crippen LogP) is 3.12. The van der Waals surface area contributed by atoms with Crippen molar-refractivity contribution in [2.45, 2.75) is 51.7 Å². The first-order chi connectivity index (χ1) is 13.4. The molecule has 2 rings (SSSR count). The number of halogens is 1. The summed E-state index contributed by atoms with van der Waals surface area (Å²) in [5.74, 6) is 2.32. The van der Waals surface area contributed by atoms with Gasteiger partial charge >= 0.3 is 0 Å². The van der Waals surface area contributed by atoms with Crippen molar-refractivity contribution in [2.24, 2.45) is 4.99 Å². The Bertz CT molecular complexity index is 750. The predicted molar refractivity (Wildman–Crippen MR) is 128 cm³/mol. The highest BCUT2D eigenvalue weighted by Crippen LogP contribution is 2.35. The van der Waals surface area contributed by atoms with Crippen molar-refractivity contribution in [3.63, 3.8) is 0 Å². The lowest BCUT2D eigenvalue weighted by molar-refractivity contribution is 0.198. The van der Waals surface area contributed by atoms with Gasteiger partial charge in [-0.3, -0.25) is 0 Å². The quantitative estimate of drug-likeness (QED) is 0.206. The number of para-hydroxylation sites is 1. The van der Waals surface area contributed by atoms with Crippen LogP contribution in [0, 0.1) is 0 Å².